The maximum absolute atomic E-state index is 10.1. The summed E-state index contributed by atoms with van der Waals surface area (Å²) in [5.41, 5.74) is 3.24. The molecule has 3 heterocycles. The van der Waals surface area contributed by atoms with Crippen molar-refractivity contribution >= 4 is 5.65 Å². The Morgan fingerprint density at radius 3 is 2.90 bits per heavy atom. The van der Waals surface area contributed by atoms with Crippen LogP contribution in [0.1, 0.15) is 18.7 Å². The van der Waals surface area contributed by atoms with Gasteiger partial charge >= 0.3 is 0 Å². The molecule has 5 heteroatoms. The van der Waals surface area contributed by atoms with Gasteiger partial charge in [0.15, 0.2) is 11.5 Å². The number of aromatic nitrogens is 2. The Morgan fingerprint density at radius 2 is 2.05 bits per heavy atom. The van der Waals surface area contributed by atoms with Gasteiger partial charge in [0.25, 0.3) is 0 Å². The molecular weight excluding hydrogens is 268 g/mol. The quantitative estimate of drug-likeness (QED) is 0.785. The number of rotatable bonds is 2. The fourth-order valence-corrected chi connectivity index (χ4v) is 2.67. The van der Waals surface area contributed by atoms with Crippen molar-refractivity contribution in [3.63, 3.8) is 0 Å². The number of hydrogen-bond acceptors (Lipinski definition) is 4. The molecular formula is C16H14N2O3. The first-order valence-corrected chi connectivity index (χ1v) is 6.79. The lowest BCUT2D eigenvalue weighted by atomic mass is 10.1. The molecule has 5 nitrogen and oxygen atoms in total. The summed E-state index contributed by atoms with van der Waals surface area (Å²) in [5.74, 6) is 1.45. The number of pyridine rings is 1. The van der Waals surface area contributed by atoms with Gasteiger partial charge in [-0.05, 0) is 37.3 Å². The van der Waals surface area contributed by atoms with Gasteiger partial charge in [-0.2, -0.15) is 0 Å². The Bertz CT molecular complexity index is 824. The molecule has 0 saturated heterocycles. The first-order chi connectivity index (χ1) is 10.2. The van der Waals surface area contributed by atoms with Gasteiger partial charge in [0.1, 0.15) is 5.65 Å². The molecule has 1 aromatic carbocycles. The minimum absolute atomic E-state index is 0.243. The fourth-order valence-electron chi connectivity index (χ4n) is 2.67. The Hall–Kier alpha value is -2.53. The molecule has 0 spiro atoms. The fraction of sp³-hybridized carbons (Fsp3) is 0.188. The predicted octanol–water partition coefficient (Wildman–Crippen LogP) is 2.78. The average molecular weight is 282 g/mol. The van der Waals surface area contributed by atoms with E-state index in [0.717, 1.165) is 28.3 Å². The number of hydrogen-bond donors (Lipinski definition) is 1. The topological polar surface area (TPSA) is 56.0 Å². The molecule has 0 radical (unpaired) electrons. The van der Waals surface area contributed by atoms with Crippen LogP contribution in [0.15, 0.2) is 42.6 Å². The van der Waals surface area contributed by atoms with E-state index in [1.165, 1.54) is 0 Å². The van der Waals surface area contributed by atoms with E-state index in [2.05, 4.69) is 4.98 Å². The summed E-state index contributed by atoms with van der Waals surface area (Å²) in [6.45, 7) is 1.99. The first kappa shape index (κ1) is 12.2. The molecule has 4 rings (SSSR count). The van der Waals surface area contributed by atoms with E-state index < -0.39 is 6.10 Å². The summed E-state index contributed by atoms with van der Waals surface area (Å²) in [6, 6.07) is 11.5. The van der Waals surface area contributed by atoms with Crippen LogP contribution in [0.4, 0.5) is 0 Å². The van der Waals surface area contributed by atoms with Crippen LogP contribution in [-0.2, 0) is 0 Å². The SMILES string of the molecule is CC(O)c1c(-c2ccc3c(c2)OCO3)nc2ccccn12. The summed E-state index contributed by atoms with van der Waals surface area (Å²) >= 11 is 0. The first-order valence-electron chi connectivity index (χ1n) is 6.79. The van der Waals surface area contributed by atoms with Crippen LogP contribution in [0.3, 0.4) is 0 Å². The van der Waals surface area contributed by atoms with E-state index in [9.17, 15) is 5.11 Å². The van der Waals surface area contributed by atoms with Gasteiger partial charge in [-0.3, -0.25) is 0 Å². The molecule has 106 valence electrons. The highest BCUT2D eigenvalue weighted by Crippen LogP contribution is 2.37. The normalized spacial score (nSPS) is 14.6. The molecule has 0 aliphatic carbocycles. The highest BCUT2D eigenvalue weighted by atomic mass is 16.7. The number of aliphatic hydroxyl groups is 1. The third-order valence-electron chi connectivity index (χ3n) is 3.61. The highest BCUT2D eigenvalue weighted by Gasteiger charge is 2.20. The molecule has 0 saturated carbocycles. The lowest BCUT2D eigenvalue weighted by molar-refractivity contribution is 0.174. The van der Waals surface area contributed by atoms with Crippen LogP contribution >= 0.6 is 0 Å². The summed E-state index contributed by atoms with van der Waals surface area (Å²) < 4.78 is 12.7. The second kappa shape index (κ2) is 4.49. The van der Waals surface area contributed by atoms with Gasteiger partial charge in [-0.1, -0.05) is 6.07 Å². The number of aliphatic hydroxyl groups excluding tert-OH is 1. The summed E-state index contributed by atoms with van der Waals surface area (Å²) in [5, 5.41) is 10.1. The van der Waals surface area contributed by atoms with Crippen LogP contribution in [0.2, 0.25) is 0 Å². The van der Waals surface area contributed by atoms with Crippen LogP contribution in [0.25, 0.3) is 16.9 Å². The van der Waals surface area contributed by atoms with Gasteiger partial charge in [-0.15, -0.1) is 0 Å². The molecule has 1 aliphatic heterocycles. The van der Waals surface area contributed by atoms with E-state index >= 15 is 0 Å². The lowest BCUT2D eigenvalue weighted by Gasteiger charge is -2.08. The predicted molar refractivity (Wildman–Crippen MR) is 77.4 cm³/mol. The molecule has 0 bridgehead atoms. The zero-order chi connectivity index (χ0) is 14.4. The summed E-state index contributed by atoms with van der Waals surface area (Å²) in [7, 11) is 0. The number of fused-ring (bicyclic) bond motifs is 2. The van der Waals surface area contributed by atoms with Crippen molar-refractivity contribution in [3.05, 3.63) is 48.3 Å². The van der Waals surface area contributed by atoms with Crippen molar-refractivity contribution in [1.29, 1.82) is 0 Å². The van der Waals surface area contributed by atoms with E-state index in [1.54, 1.807) is 6.92 Å². The monoisotopic (exact) mass is 282 g/mol. The molecule has 21 heavy (non-hydrogen) atoms. The van der Waals surface area contributed by atoms with Gasteiger partial charge in [0.2, 0.25) is 6.79 Å². The Labute approximate surface area is 121 Å². The van der Waals surface area contributed by atoms with Crippen molar-refractivity contribution in [2.75, 3.05) is 6.79 Å². The van der Waals surface area contributed by atoms with E-state index in [4.69, 9.17) is 9.47 Å². The average Bonchev–Trinajstić information content (AvgIpc) is 3.10. The van der Waals surface area contributed by atoms with Gasteiger partial charge in [0, 0.05) is 11.8 Å². The van der Waals surface area contributed by atoms with Gasteiger partial charge < -0.3 is 19.0 Å². The van der Waals surface area contributed by atoms with Crippen molar-refractivity contribution < 1.29 is 14.6 Å². The highest BCUT2D eigenvalue weighted by molar-refractivity contribution is 5.70. The van der Waals surface area contributed by atoms with Crippen molar-refractivity contribution in [1.82, 2.24) is 9.38 Å². The van der Waals surface area contributed by atoms with Crippen LogP contribution < -0.4 is 9.47 Å². The van der Waals surface area contributed by atoms with E-state index in [1.807, 2.05) is 47.0 Å². The smallest absolute Gasteiger partial charge is 0.231 e. The third-order valence-corrected chi connectivity index (χ3v) is 3.61. The van der Waals surface area contributed by atoms with Gasteiger partial charge in [-0.25, -0.2) is 4.98 Å². The van der Waals surface area contributed by atoms with Crippen molar-refractivity contribution in [3.8, 4) is 22.8 Å². The van der Waals surface area contributed by atoms with Crippen LogP contribution in [-0.4, -0.2) is 21.3 Å². The minimum atomic E-state index is -0.622. The molecule has 1 N–H and O–H groups in total. The second-order valence-electron chi connectivity index (χ2n) is 5.02. The second-order valence-corrected chi connectivity index (χ2v) is 5.02. The molecule has 2 aromatic heterocycles. The number of ether oxygens (including phenoxy) is 2. The molecule has 1 atom stereocenters. The molecule has 0 amide bonds. The Kier molecular flexibility index (Phi) is 2.62. The van der Waals surface area contributed by atoms with Crippen LogP contribution in [0.5, 0.6) is 11.5 Å². The van der Waals surface area contributed by atoms with Crippen molar-refractivity contribution in [2.45, 2.75) is 13.0 Å². The maximum atomic E-state index is 10.1. The standard InChI is InChI=1S/C16H14N2O3/c1-10(19)16-15(17-14-4-2-3-7-18(14)16)11-5-6-12-13(8-11)21-9-20-12/h2-8,10,19H,9H2,1H3. The van der Waals surface area contributed by atoms with E-state index in [-0.39, 0.29) is 6.79 Å². The molecule has 1 aliphatic rings. The largest absolute Gasteiger partial charge is 0.454 e. The zero-order valence-electron chi connectivity index (χ0n) is 11.5. The minimum Gasteiger partial charge on any atom is -0.454 e. The van der Waals surface area contributed by atoms with Crippen molar-refractivity contribution in [2.24, 2.45) is 0 Å². The van der Waals surface area contributed by atoms with Crippen LogP contribution in [0, 0.1) is 0 Å². The Morgan fingerprint density at radius 1 is 1.19 bits per heavy atom. The molecule has 3 aromatic rings. The number of nitrogens with zero attached hydrogens (tertiary/aromatic N) is 2. The number of imidazole rings is 1. The maximum Gasteiger partial charge on any atom is 0.231 e. The van der Waals surface area contributed by atoms with E-state index in [0.29, 0.717) is 5.75 Å². The molecule has 0 fully saturated rings. The lowest BCUT2D eigenvalue weighted by Crippen LogP contribution is -1.99. The summed E-state index contributed by atoms with van der Waals surface area (Å²) in [6.07, 6.45) is 1.28. The third kappa shape index (κ3) is 1.86. The van der Waals surface area contributed by atoms with Gasteiger partial charge in [0.05, 0.1) is 17.5 Å². The zero-order valence-corrected chi connectivity index (χ0v) is 11.5. The Balaban J connectivity index is 1.95. The number of benzene rings is 1. The summed E-state index contributed by atoms with van der Waals surface area (Å²) in [4.78, 5) is 4.64. The molecule has 1 unspecified atom stereocenters.